The van der Waals surface area contributed by atoms with Gasteiger partial charge < -0.3 is 15.0 Å². The fourth-order valence-electron chi connectivity index (χ4n) is 2.61. The van der Waals surface area contributed by atoms with E-state index in [9.17, 15) is 4.79 Å². The van der Waals surface area contributed by atoms with Gasteiger partial charge in [-0.25, -0.2) is 4.98 Å². The number of rotatable bonds is 6. The van der Waals surface area contributed by atoms with Gasteiger partial charge in [0.25, 0.3) is 0 Å². The van der Waals surface area contributed by atoms with Crippen LogP contribution in [-0.2, 0) is 22.6 Å². The maximum atomic E-state index is 12.7. The van der Waals surface area contributed by atoms with Crippen molar-refractivity contribution < 1.29 is 9.53 Å². The Labute approximate surface area is 140 Å². The highest BCUT2D eigenvalue weighted by molar-refractivity contribution is 7.09. The van der Waals surface area contributed by atoms with Gasteiger partial charge in [-0.2, -0.15) is 0 Å². The van der Waals surface area contributed by atoms with Crippen LogP contribution in [0.4, 0.5) is 0 Å². The largest absolute Gasteiger partial charge is 0.375 e. The molecule has 2 heterocycles. The maximum absolute atomic E-state index is 12.7. The van der Waals surface area contributed by atoms with E-state index >= 15 is 0 Å². The maximum Gasteiger partial charge on any atom is 0.225 e. The molecule has 0 spiro atoms. The average Bonchev–Trinajstić information content (AvgIpc) is 3.09. The predicted molar refractivity (Wildman–Crippen MR) is 90.0 cm³/mol. The van der Waals surface area contributed by atoms with Crippen LogP contribution in [0.5, 0.6) is 0 Å². The molecule has 1 amide bonds. The molecule has 0 radical (unpaired) electrons. The molecule has 0 saturated carbocycles. The normalized spacial score (nSPS) is 17.8. The minimum atomic E-state index is -0.0363. The third kappa shape index (κ3) is 4.86. The second-order valence-corrected chi connectivity index (χ2v) is 6.54. The van der Waals surface area contributed by atoms with Crippen molar-refractivity contribution in [2.24, 2.45) is 0 Å². The summed E-state index contributed by atoms with van der Waals surface area (Å²) in [4.78, 5) is 18.9. The van der Waals surface area contributed by atoms with Crippen LogP contribution in [0.1, 0.15) is 17.0 Å². The lowest BCUT2D eigenvalue weighted by molar-refractivity contribution is -0.136. The van der Waals surface area contributed by atoms with Crippen LogP contribution in [0.3, 0.4) is 0 Å². The van der Waals surface area contributed by atoms with Crippen molar-refractivity contribution in [1.82, 2.24) is 15.2 Å². The molecule has 1 aliphatic heterocycles. The Balaban J connectivity index is 1.66. The van der Waals surface area contributed by atoms with Crippen LogP contribution in [0.15, 0.2) is 41.9 Å². The van der Waals surface area contributed by atoms with E-state index in [0.29, 0.717) is 26.1 Å². The van der Waals surface area contributed by atoms with E-state index in [0.717, 1.165) is 23.7 Å². The molecule has 6 heteroatoms. The van der Waals surface area contributed by atoms with Crippen LogP contribution in [0.2, 0.25) is 0 Å². The molecule has 1 aromatic heterocycles. The molecule has 0 aliphatic carbocycles. The molecule has 1 saturated heterocycles. The van der Waals surface area contributed by atoms with E-state index in [1.165, 1.54) is 0 Å². The number of amides is 1. The van der Waals surface area contributed by atoms with Crippen LogP contribution in [0.25, 0.3) is 0 Å². The molecular weight excluding hydrogens is 310 g/mol. The molecule has 23 heavy (non-hydrogen) atoms. The highest BCUT2D eigenvalue weighted by Crippen LogP contribution is 2.15. The highest BCUT2D eigenvalue weighted by Gasteiger charge is 2.22. The molecule has 1 N–H and O–H groups in total. The van der Waals surface area contributed by atoms with Crippen LogP contribution < -0.4 is 5.32 Å². The quantitative estimate of drug-likeness (QED) is 0.880. The first-order valence-electron chi connectivity index (χ1n) is 7.83. The SMILES string of the molecule is O=C(C[C@H]1CNCCO1)N(Cc1ccccc1)Cc1nccs1. The van der Waals surface area contributed by atoms with Crippen molar-refractivity contribution in [2.75, 3.05) is 19.7 Å². The topological polar surface area (TPSA) is 54.5 Å². The second kappa shape index (κ2) is 8.19. The standard InChI is InChI=1S/C17H21N3O2S/c21-17(10-15-11-18-6-8-22-15)20(13-16-19-7-9-23-16)12-14-4-2-1-3-5-14/h1-5,7,9,15,18H,6,8,10-13H2/t15-/m0/s1. The van der Waals surface area contributed by atoms with E-state index in [2.05, 4.69) is 10.3 Å². The number of carbonyl (C=O) groups is 1. The third-order valence-corrected chi connectivity index (χ3v) is 4.55. The van der Waals surface area contributed by atoms with Gasteiger partial charge in [0.1, 0.15) is 5.01 Å². The number of nitrogens with one attached hydrogen (secondary N) is 1. The smallest absolute Gasteiger partial charge is 0.225 e. The zero-order valence-corrected chi connectivity index (χ0v) is 13.8. The molecule has 0 unspecified atom stereocenters. The summed E-state index contributed by atoms with van der Waals surface area (Å²) in [5.41, 5.74) is 1.13. The molecule has 1 aliphatic rings. The number of hydrogen-bond donors (Lipinski definition) is 1. The summed E-state index contributed by atoms with van der Waals surface area (Å²) in [6.45, 7) is 3.41. The van der Waals surface area contributed by atoms with E-state index in [1.807, 2.05) is 40.6 Å². The lowest BCUT2D eigenvalue weighted by Gasteiger charge is -2.27. The lowest BCUT2D eigenvalue weighted by atomic mass is 10.1. The number of morpholine rings is 1. The predicted octanol–water partition coefficient (Wildman–Crippen LogP) is 2.05. The van der Waals surface area contributed by atoms with Crippen LogP contribution >= 0.6 is 11.3 Å². The van der Waals surface area contributed by atoms with E-state index < -0.39 is 0 Å². The molecule has 0 bridgehead atoms. The van der Waals surface area contributed by atoms with Gasteiger partial charge in [-0.1, -0.05) is 30.3 Å². The number of carbonyl (C=O) groups excluding carboxylic acids is 1. The van der Waals surface area contributed by atoms with Gasteiger partial charge in [-0.05, 0) is 5.56 Å². The number of hydrogen-bond acceptors (Lipinski definition) is 5. The Hall–Kier alpha value is -1.76. The van der Waals surface area contributed by atoms with Crippen molar-refractivity contribution in [3.8, 4) is 0 Å². The summed E-state index contributed by atoms with van der Waals surface area (Å²) in [6.07, 6.45) is 2.15. The Morgan fingerprint density at radius 2 is 2.22 bits per heavy atom. The summed E-state index contributed by atoms with van der Waals surface area (Å²) >= 11 is 1.58. The fourth-order valence-corrected chi connectivity index (χ4v) is 3.24. The first-order chi connectivity index (χ1) is 11.3. The lowest BCUT2D eigenvalue weighted by Crippen LogP contribution is -2.42. The first kappa shape index (κ1) is 16.1. The van der Waals surface area contributed by atoms with Crippen molar-refractivity contribution >= 4 is 17.2 Å². The summed E-state index contributed by atoms with van der Waals surface area (Å²) in [5, 5.41) is 6.16. The molecule has 2 aromatic rings. The summed E-state index contributed by atoms with van der Waals surface area (Å²) in [7, 11) is 0. The molecule has 1 aromatic carbocycles. The van der Waals surface area contributed by atoms with Gasteiger partial charge in [0.2, 0.25) is 5.91 Å². The summed E-state index contributed by atoms with van der Waals surface area (Å²) in [5.74, 6) is 0.109. The highest BCUT2D eigenvalue weighted by atomic mass is 32.1. The number of aromatic nitrogens is 1. The monoisotopic (exact) mass is 331 g/mol. The van der Waals surface area contributed by atoms with Gasteiger partial charge in [-0.15, -0.1) is 11.3 Å². The van der Waals surface area contributed by atoms with E-state index in [-0.39, 0.29) is 12.0 Å². The van der Waals surface area contributed by atoms with Gasteiger partial charge in [0.15, 0.2) is 0 Å². The van der Waals surface area contributed by atoms with Crippen LogP contribution in [0, 0.1) is 0 Å². The number of thiazole rings is 1. The molecular formula is C17H21N3O2S. The fraction of sp³-hybridized carbons (Fsp3) is 0.412. The number of benzene rings is 1. The average molecular weight is 331 g/mol. The van der Waals surface area contributed by atoms with Gasteiger partial charge >= 0.3 is 0 Å². The Morgan fingerprint density at radius 3 is 2.91 bits per heavy atom. The van der Waals surface area contributed by atoms with E-state index in [4.69, 9.17) is 4.74 Å². The van der Waals surface area contributed by atoms with Gasteiger partial charge in [-0.3, -0.25) is 4.79 Å². The first-order valence-corrected chi connectivity index (χ1v) is 8.71. The Morgan fingerprint density at radius 1 is 1.35 bits per heavy atom. The third-order valence-electron chi connectivity index (χ3n) is 3.79. The summed E-state index contributed by atoms with van der Waals surface area (Å²) < 4.78 is 5.66. The van der Waals surface area contributed by atoms with Crippen molar-refractivity contribution in [3.63, 3.8) is 0 Å². The second-order valence-electron chi connectivity index (χ2n) is 5.56. The zero-order valence-electron chi connectivity index (χ0n) is 13.0. The number of nitrogens with zero attached hydrogens (tertiary/aromatic N) is 2. The van der Waals surface area contributed by atoms with Crippen molar-refractivity contribution in [2.45, 2.75) is 25.6 Å². The Kier molecular flexibility index (Phi) is 5.74. The van der Waals surface area contributed by atoms with E-state index in [1.54, 1.807) is 17.5 Å². The molecule has 5 nitrogen and oxygen atoms in total. The summed E-state index contributed by atoms with van der Waals surface area (Å²) in [6, 6.07) is 10.1. The molecule has 1 atom stereocenters. The zero-order chi connectivity index (χ0) is 15.9. The molecule has 1 fully saturated rings. The van der Waals surface area contributed by atoms with Gasteiger partial charge in [0, 0.05) is 31.2 Å². The molecule has 3 rings (SSSR count). The Bertz CT molecular complexity index is 598. The van der Waals surface area contributed by atoms with Crippen molar-refractivity contribution in [3.05, 3.63) is 52.5 Å². The minimum absolute atomic E-state index is 0.0363. The molecule has 122 valence electrons. The number of ether oxygens (including phenoxy) is 1. The van der Waals surface area contributed by atoms with Crippen molar-refractivity contribution in [1.29, 1.82) is 0 Å². The van der Waals surface area contributed by atoms with Gasteiger partial charge in [0.05, 0.1) is 25.7 Å². The van der Waals surface area contributed by atoms with Crippen LogP contribution in [-0.4, -0.2) is 41.6 Å². The minimum Gasteiger partial charge on any atom is -0.375 e.